The normalized spacial score (nSPS) is 16.5. The third-order valence-corrected chi connectivity index (χ3v) is 5.46. The first-order valence-corrected chi connectivity index (χ1v) is 11.3. The van der Waals surface area contributed by atoms with Crippen molar-refractivity contribution in [3.05, 3.63) is 53.7 Å². The number of nitrogens with one attached hydrogen (secondary N) is 2. The highest BCUT2D eigenvalue weighted by molar-refractivity contribution is 5.80. The van der Waals surface area contributed by atoms with E-state index in [-0.39, 0.29) is 11.8 Å². The van der Waals surface area contributed by atoms with Crippen LogP contribution >= 0.6 is 0 Å². The maximum Gasteiger partial charge on any atom is 0.222 e. The number of rotatable bonds is 9. The number of ether oxygens (including phenoxy) is 1. The molecule has 0 spiro atoms. The van der Waals surface area contributed by atoms with Crippen LogP contribution in [0.1, 0.15) is 37.8 Å². The number of hydrogen-bond donors (Lipinski definition) is 3. The third-order valence-electron chi connectivity index (χ3n) is 5.46. The number of nitrogens with two attached hydrogens (primary N) is 1. The molecule has 8 nitrogen and oxygen atoms in total. The third kappa shape index (κ3) is 6.35. The van der Waals surface area contributed by atoms with Gasteiger partial charge in [-0.25, -0.2) is 9.98 Å². The van der Waals surface area contributed by atoms with Gasteiger partial charge in [0, 0.05) is 43.5 Å². The van der Waals surface area contributed by atoms with Gasteiger partial charge in [-0.05, 0) is 38.8 Å². The van der Waals surface area contributed by atoms with Crippen molar-refractivity contribution in [3.8, 4) is 5.75 Å². The number of primary amides is 1. The minimum atomic E-state index is -0.237. The molecule has 1 atom stereocenters. The summed E-state index contributed by atoms with van der Waals surface area (Å²) in [4.78, 5) is 23.2. The molecule has 1 aliphatic heterocycles. The van der Waals surface area contributed by atoms with E-state index in [1.165, 1.54) is 0 Å². The first-order valence-electron chi connectivity index (χ1n) is 11.3. The van der Waals surface area contributed by atoms with Crippen LogP contribution in [0.5, 0.6) is 5.75 Å². The van der Waals surface area contributed by atoms with Gasteiger partial charge >= 0.3 is 0 Å². The number of nitrogens with zero attached hydrogens (tertiary/aromatic N) is 3. The second kappa shape index (κ2) is 11.9. The van der Waals surface area contributed by atoms with Crippen LogP contribution in [-0.2, 0) is 17.9 Å². The van der Waals surface area contributed by atoms with Crippen molar-refractivity contribution in [2.45, 2.75) is 39.8 Å². The summed E-state index contributed by atoms with van der Waals surface area (Å²) in [6.07, 6.45) is 3.56. The van der Waals surface area contributed by atoms with Gasteiger partial charge in [-0.1, -0.05) is 24.3 Å². The maximum atomic E-state index is 11.7. The summed E-state index contributed by atoms with van der Waals surface area (Å²) in [7, 11) is 0. The van der Waals surface area contributed by atoms with Gasteiger partial charge in [0.1, 0.15) is 11.6 Å². The topological polar surface area (TPSA) is 105 Å². The van der Waals surface area contributed by atoms with Crippen LogP contribution in [0.4, 0.5) is 5.82 Å². The molecule has 0 aliphatic carbocycles. The highest BCUT2D eigenvalue weighted by Crippen LogP contribution is 2.24. The van der Waals surface area contributed by atoms with Crippen molar-refractivity contribution >= 4 is 17.7 Å². The SMILES string of the molecule is CCNC(=NCc1ccccc1OCC)NCc1cccnc1N1CCCC(C(N)=O)C1. The maximum absolute atomic E-state index is 11.7. The number of carbonyl (C=O) groups excluding carboxylic acids is 1. The van der Waals surface area contributed by atoms with E-state index in [9.17, 15) is 4.79 Å². The molecule has 1 aromatic carbocycles. The number of carbonyl (C=O) groups is 1. The number of guanidine groups is 1. The molecule has 0 saturated carbocycles. The van der Waals surface area contributed by atoms with E-state index in [1.54, 1.807) is 6.20 Å². The zero-order valence-electron chi connectivity index (χ0n) is 19.0. The Kier molecular flexibility index (Phi) is 8.71. The van der Waals surface area contributed by atoms with E-state index in [4.69, 9.17) is 15.5 Å². The van der Waals surface area contributed by atoms with Crippen molar-refractivity contribution < 1.29 is 9.53 Å². The Hall–Kier alpha value is -3.29. The number of aliphatic imine (C=N–C) groups is 1. The van der Waals surface area contributed by atoms with Crippen LogP contribution in [0.2, 0.25) is 0 Å². The van der Waals surface area contributed by atoms with Gasteiger partial charge in [-0.2, -0.15) is 0 Å². The number of piperidine rings is 1. The van der Waals surface area contributed by atoms with Crippen LogP contribution < -0.4 is 26.0 Å². The number of para-hydroxylation sites is 1. The Balaban J connectivity index is 1.70. The first kappa shape index (κ1) is 23.4. The van der Waals surface area contributed by atoms with Gasteiger partial charge in [-0.15, -0.1) is 0 Å². The average molecular weight is 439 g/mol. The van der Waals surface area contributed by atoms with Crippen LogP contribution in [0.25, 0.3) is 0 Å². The van der Waals surface area contributed by atoms with Crippen LogP contribution in [0.3, 0.4) is 0 Å². The van der Waals surface area contributed by atoms with E-state index in [2.05, 4.69) is 26.6 Å². The van der Waals surface area contributed by atoms with Crippen molar-refractivity contribution in [1.29, 1.82) is 0 Å². The van der Waals surface area contributed by atoms with Crippen LogP contribution in [-0.4, -0.2) is 43.1 Å². The number of aromatic nitrogens is 1. The molecule has 2 heterocycles. The van der Waals surface area contributed by atoms with Gasteiger partial charge in [0.15, 0.2) is 5.96 Å². The lowest BCUT2D eigenvalue weighted by molar-refractivity contribution is -0.122. The molecule has 8 heteroatoms. The smallest absolute Gasteiger partial charge is 0.222 e. The Bertz CT molecular complexity index is 917. The fourth-order valence-electron chi connectivity index (χ4n) is 3.87. The fourth-order valence-corrected chi connectivity index (χ4v) is 3.87. The molecular formula is C24H34N6O2. The molecule has 1 fully saturated rings. The lowest BCUT2D eigenvalue weighted by atomic mass is 9.97. The number of pyridine rings is 1. The minimum Gasteiger partial charge on any atom is -0.494 e. The summed E-state index contributed by atoms with van der Waals surface area (Å²) < 4.78 is 5.71. The molecular weight excluding hydrogens is 404 g/mol. The second-order valence-electron chi connectivity index (χ2n) is 7.76. The van der Waals surface area contributed by atoms with Gasteiger partial charge in [-0.3, -0.25) is 4.79 Å². The van der Waals surface area contributed by atoms with Gasteiger partial charge in [0.2, 0.25) is 5.91 Å². The van der Waals surface area contributed by atoms with Crippen molar-refractivity contribution in [2.24, 2.45) is 16.6 Å². The van der Waals surface area contributed by atoms with Crippen LogP contribution in [0, 0.1) is 5.92 Å². The molecule has 1 amide bonds. The summed E-state index contributed by atoms with van der Waals surface area (Å²) in [5, 5.41) is 6.71. The van der Waals surface area contributed by atoms with Crippen LogP contribution in [0.15, 0.2) is 47.6 Å². The van der Waals surface area contributed by atoms with Gasteiger partial charge in [0.25, 0.3) is 0 Å². The minimum absolute atomic E-state index is 0.129. The Morgan fingerprint density at radius 3 is 2.81 bits per heavy atom. The number of hydrogen-bond acceptors (Lipinski definition) is 5. The number of anilines is 1. The lowest BCUT2D eigenvalue weighted by Crippen LogP contribution is -2.42. The predicted molar refractivity (Wildman–Crippen MR) is 128 cm³/mol. The Labute approximate surface area is 190 Å². The molecule has 172 valence electrons. The highest BCUT2D eigenvalue weighted by Gasteiger charge is 2.26. The molecule has 0 bridgehead atoms. The zero-order valence-corrected chi connectivity index (χ0v) is 19.0. The molecule has 4 N–H and O–H groups in total. The van der Waals surface area contributed by atoms with E-state index >= 15 is 0 Å². The largest absolute Gasteiger partial charge is 0.494 e. The fraction of sp³-hybridized carbons (Fsp3) is 0.458. The summed E-state index contributed by atoms with van der Waals surface area (Å²) in [5.41, 5.74) is 7.65. The van der Waals surface area contributed by atoms with Gasteiger partial charge < -0.3 is 26.0 Å². The Morgan fingerprint density at radius 2 is 2.03 bits per heavy atom. The molecule has 32 heavy (non-hydrogen) atoms. The number of benzene rings is 1. The van der Waals surface area contributed by atoms with E-state index in [0.717, 1.165) is 54.6 Å². The standard InChI is InChI=1S/C24H34N6O2/c1-3-26-24(28-15-18-9-5-6-12-21(18)32-4-2)29-16-19-10-7-13-27-23(19)30-14-8-11-20(17-30)22(25)31/h5-7,9-10,12-13,20H,3-4,8,11,14-17H2,1-2H3,(H2,25,31)(H2,26,28,29). The molecule has 2 aromatic rings. The molecule has 1 saturated heterocycles. The van der Waals surface area contributed by atoms with E-state index < -0.39 is 0 Å². The molecule has 1 aliphatic rings. The zero-order chi connectivity index (χ0) is 22.8. The van der Waals surface area contributed by atoms with Crippen molar-refractivity contribution in [1.82, 2.24) is 15.6 Å². The highest BCUT2D eigenvalue weighted by atomic mass is 16.5. The summed E-state index contributed by atoms with van der Waals surface area (Å²) >= 11 is 0. The summed E-state index contributed by atoms with van der Waals surface area (Å²) in [6.45, 7) is 7.96. The summed E-state index contributed by atoms with van der Waals surface area (Å²) in [6, 6.07) is 11.9. The first-order chi connectivity index (χ1) is 15.6. The molecule has 0 radical (unpaired) electrons. The van der Waals surface area contributed by atoms with E-state index in [0.29, 0.717) is 26.2 Å². The molecule has 1 aromatic heterocycles. The predicted octanol–water partition coefficient (Wildman–Crippen LogP) is 2.44. The van der Waals surface area contributed by atoms with E-state index in [1.807, 2.05) is 44.2 Å². The quantitative estimate of drug-likeness (QED) is 0.410. The van der Waals surface area contributed by atoms with Crippen molar-refractivity contribution in [2.75, 3.05) is 31.1 Å². The summed E-state index contributed by atoms with van der Waals surface area (Å²) in [5.74, 6) is 2.11. The molecule has 3 rings (SSSR count). The lowest BCUT2D eigenvalue weighted by Gasteiger charge is -2.33. The Morgan fingerprint density at radius 1 is 1.22 bits per heavy atom. The second-order valence-corrected chi connectivity index (χ2v) is 7.76. The monoisotopic (exact) mass is 438 g/mol. The van der Waals surface area contributed by atoms with Crippen molar-refractivity contribution in [3.63, 3.8) is 0 Å². The number of amides is 1. The van der Waals surface area contributed by atoms with Gasteiger partial charge in [0.05, 0.1) is 19.1 Å². The molecule has 1 unspecified atom stereocenters. The average Bonchev–Trinajstić information content (AvgIpc) is 2.82.